The topological polar surface area (TPSA) is 45.1 Å². The molecule has 0 bridgehead atoms. The van der Waals surface area contributed by atoms with Gasteiger partial charge in [0.1, 0.15) is 0 Å². The molecule has 0 saturated heterocycles. The van der Waals surface area contributed by atoms with Crippen LogP contribution in [0.3, 0.4) is 0 Å². The van der Waals surface area contributed by atoms with Gasteiger partial charge < -0.3 is 10.4 Å². The number of nitrogens with zero attached hydrogens (tertiary/aromatic N) is 1. The first kappa shape index (κ1) is 13.5. The molecule has 1 aliphatic carbocycles. The third kappa shape index (κ3) is 3.17. The molecule has 2 unspecified atom stereocenters. The minimum absolute atomic E-state index is 0.0882. The summed E-state index contributed by atoms with van der Waals surface area (Å²) in [6.45, 7) is 1.83. The fraction of sp³-hybridized carbons (Fsp3) is 0.471. The van der Waals surface area contributed by atoms with Crippen molar-refractivity contribution in [2.45, 2.75) is 38.3 Å². The third-order valence-corrected chi connectivity index (χ3v) is 4.22. The number of aliphatic hydroxyl groups excluding tert-OH is 1. The van der Waals surface area contributed by atoms with E-state index < -0.39 is 0 Å². The first-order valence-electron chi connectivity index (χ1n) is 7.54. The van der Waals surface area contributed by atoms with E-state index in [0.29, 0.717) is 5.92 Å². The van der Waals surface area contributed by atoms with Crippen LogP contribution in [0.5, 0.6) is 0 Å². The van der Waals surface area contributed by atoms with E-state index in [1.165, 1.54) is 17.4 Å². The van der Waals surface area contributed by atoms with Gasteiger partial charge in [0.25, 0.3) is 0 Å². The van der Waals surface area contributed by atoms with Crippen LogP contribution in [0.25, 0.3) is 10.9 Å². The average molecular weight is 270 g/mol. The molecule has 3 heteroatoms. The Balaban J connectivity index is 1.60. The number of aliphatic hydroxyl groups is 1. The van der Waals surface area contributed by atoms with Crippen LogP contribution in [0.4, 0.5) is 0 Å². The van der Waals surface area contributed by atoms with Crippen molar-refractivity contribution in [1.29, 1.82) is 0 Å². The monoisotopic (exact) mass is 270 g/mol. The standard InChI is InChI=1S/C17H22N2O/c20-16-8-1-4-13(10-16)11-18-12-15-6-2-5-14-7-3-9-19-17(14)15/h2-3,5-7,9,13,16,18,20H,1,4,8,10-12H2. The van der Waals surface area contributed by atoms with E-state index in [0.717, 1.165) is 37.9 Å². The molecule has 2 aromatic rings. The Kier molecular flexibility index (Phi) is 4.28. The molecular formula is C17H22N2O. The van der Waals surface area contributed by atoms with Crippen LogP contribution in [0.1, 0.15) is 31.2 Å². The molecule has 3 rings (SSSR count). The maximum Gasteiger partial charge on any atom is 0.0746 e. The Morgan fingerprint density at radius 1 is 1.20 bits per heavy atom. The second kappa shape index (κ2) is 6.33. The number of hydrogen-bond acceptors (Lipinski definition) is 3. The van der Waals surface area contributed by atoms with Crippen LogP contribution in [-0.4, -0.2) is 22.7 Å². The van der Waals surface area contributed by atoms with Crippen LogP contribution in [0.2, 0.25) is 0 Å². The van der Waals surface area contributed by atoms with E-state index in [4.69, 9.17) is 0 Å². The van der Waals surface area contributed by atoms with Gasteiger partial charge in [-0.25, -0.2) is 0 Å². The number of benzene rings is 1. The molecule has 20 heavy (non-hydrogen) atoms. The highest BCUT2D eigenvalue weighted by molar-refractivity contribution is 5.81. The number of hydrogen-bond donors (Lipinski definition) is 2. The summed E-state index contributed by atoms with van der Waals surface area (Å²) in [7, 11) is 0. The Morgan fingerprint density at radius 3 is 3.00 bits per heavy atom. The van der Waals surface area contributed by atoms with Gasteiger partial charge in [0, 0.05) is 18.1 Å². The fourth-order valence-corrected chi connectivity index (χ4v) is 3.17. The molecule has 1 fully saturated rings. The zero-order chi connectivity index (χ0) is 13.8. The van der Waals surface area contributed by atoms with E-state index in [2.05, 4.69) is 34.6 Å². The van der Waals surface area contributed by atoms with Gasteiger partial charge in [-0.1, -0.05) is 30.7 Å². The van der Waals surface area contributed by atoms with Gasteiger partial charge in [-0.15, -0.1) is 0 Å². The number of pyridine rings is 1. The predicted molar refractivity (Wildman–Crippen MR) is 81.4 cm³/mol. The van der Waals surface area contributed by atoms with Gasteiger partial charge in [0.15, 0.2) is 0 Å². The van der Waals surface area contributed by atoms with Crippen molar-refractivity contribution in [2.75, 3.05) is 6.54 Å². The summed E-state index contributed by atoms with van der Waals surface area (Å²) in [6.07, 6.45) is 6.07. The van der Waals surface area contributed by atoms with Crippen molar-refractivity contribution < 1.29 is 5.11 Å². The number of nitrogens with one attached hydrogen (secondary N) is 1. The Morgan fingerprint density at radius 2 is 2.10 bits per heavy atom. The van der Waals surface area contributed by atoms with Crippen molar-refractivity contribution in [2.24, 2.45) is 5.92 Å². The number of rotatable bonds is 4. The van der Waals surface area contributed by atoms with Crippen molar-refractivity contribution >= 4 is 10.9 Å². The lowest BCUT2D eigenvalue weighted by atomic mass is 9.87. The summed E-state index contributed by atoms with van der Waals surface area (Å²) in [5.74, 6) is 0.613. The van der Waals surface area contributed by atoms with Crippen molar-refractivity contribution in [1.82, 2.24) is 10.3 Å². The van der Waals surface area contributed by atoms with Crippen molar-refractivity contribution in [3.05, 3.63) is 42.1 Å². The predicted octanol–water partition coefficient (Wildman–Crippen LogP) is 2.88. The summed E-state index contributed by atoms with van der Waals surface area (Å²) in [5, 5.41) is 14.4. The van der Waals surface area contributed by atoms with E-state index in [9.17, 15) is 5.11 Å². The van der Waals surface area contributed by atoms with Gasteiger partial charge in [0.05, 0.1) is 11.6 Å². The Hall–Kier alpha value is -1.45. The Labute approximate surface area is 120 Å². The lowest BCUT2D eigenvalue weighted by molar-refractivity contribution is 0.101. The fourth-order valence-electron chi connectivity index (χ4n) is 3.17. The lowest BCUT2D eigenvalue weighted by Crippen LogP contribution is -2.29. The quantitative estimate of drug-likeness (QED) is 0.898. The van der Waals surface area contributed by atoms with E-state index >= 15 is 0 Å². The number of aromatic nitrogens is 1. The minimum Gasteiger partial charge on any atom is -0.393 e. The third-order valence-electron chi connectivity index (χ3n) is 4.22. The molecule has 0 spiro atoms. The molecule has 1 heterocycles. The maximum atomic E-state index is 9.70. The molecule has 106 valence electrons. The molecule has 2 atom stereocenters. The van der Waals surface area contributed by atoms with Crippen LogP contribution < -0.4 is 5.32 Å². The molecule has 1 saturated carbocycles. The summed E-state index contributed by atoms with van der Waals surface area (Å²) in [5.41, 5.74) is 2.34. The van der Waals surface area contributed by atoms with E-state index in [1.54, 1.807) is 0 Å². The molecule has 3 nitrogen and oxygen atoms in total. The first-order chi connectivity index (χ1) is 9.83. The molecule has 2 N–H and O–H groups in total. The van der Waals surface area contributed by atoms with Crippen LogP contribution in [0, 0.1) is 5.92 Å². The normalized spacial score (nSPS) is 23.1. The van der Waals surface area contributed by atoms with Gasteiger partial charge in [-0.2, -0.15) is 0 Å². The van der Waals surface area contributed by atoms with Crippen molar-refractivity contribution in [3.63, 3.8) is 0 Å². The van der Waals surface area contributed by atoms with Gasteiger partial charge in [0.2, 0.25) is 0 Å². The molecule has 1 aliphatic rings. The highest BCUT2D eigenvalue weighted by Crippen LogP contribution is 2.23. The zero-order valence-corrected chi connectivity index (χ0v) is 11.8. The molecule has 0 aliphatic heterocycles. The second-order valence-corrected chi connectivity index (χ2v) is 5.81. The Bertz CT molecular complexity index is 564. The number of fused-ring (bicyclic) bond motifs is 1. The molecule has 0 radical (unpaired) electrons. The lowest BCUT2D eigenvalue weighted by Gasteiger charge is -2.26. The highest BCUT2D eigenvalue weighted by Gasteiger charge is 2.19. The van der Waals surface area contributed by atoms with Gasteiger partial charge in [-0.3, -0.25) is 4.98 Å². The minimum atomic E-state index is -0.0882. The summed E-state index contributed by atoms with van der Waals surface area (Å²) < 4.78 is 0. The van der Waals surface area contributed by atoms with Crippen molar-refractivity contribution in [3.8, 4) is 0 Å². The summed E-state index contributed by atoms with van der Waals surface area (Å²) >= 11 is 0. The zero-order valence-electron chi connectivity index (χ0n) is 11.8. The molecular weight excluding hydrogens is 248 g/mol. The van der Waals surface area contributed by atoms with Crippen LogP contribution in [-0.2, 0) is 6.54 Å². The van der Waals surface area contributed by atoms with E-state index in [-0.39, 0.29) is 6.10 Å². The largest absolute Gasteiger partial charge is 0.393 e. The van der Waals surface area contributed by atoms with Crippen LogP contribution >= 0.6 is 0 Å². The van der Waals surface area contributed by atoms with Gasteiger partial charge in [-0.05, 0) is 43.4 Å². The SMILES string of the molecule is OC1CCCC(CNCc2cccc3cccnc23)C1. The smallest absolute Gasteiger partial charge is 0.0746 e. The summed E-state index contributed by atoms with van der Waals surface area (Å²) in [4.78, 5) is 4.48. The highest BCUT2D eigenvalue weighted by atomic mass is 16.3. The average Bonchev–Trinajstić information content (AvgIpc) is 2.48. The van der Waals surface area contributed by atoms with E-state index in [1.807, 2.05) is 12.3 Å². The first-order valence-corrected chi connectivity index (χ1v) is 7.54. The second-order valence-electron chi connectivity index (χ2n) is 5.81. The summed E-state index contributed by atoms with van der Waals surface area (Å²) in [6, 6.07) is 10.4. The van der Waals surface area contributed by atoms with Crippen LogP contribution in [0.15, 0.2) is 36.5 Å². The molecule has 0 amide bonds. The maximum absolute atomic E-state index is 9.70. The number of para-hydroxylation sites is 1. The van der Waals surface area contributed by atoms with Gasteiger partial charge >= 0.3 is 0 Å². The molecule has 1 aromatic carbocycles. The molecule has 1 aromatic heterocycles.